The lowest BCUT2D eigenvalue weighted by molar-refractivity contribution is -0.0825. The minimum atomic E-state index is -1.38. The summed E-state index contributed by atoms with van der Waals surface area (Å²) in [6, 6.07) is 14.7. The Morgan fingerprint density at radius 3 is 2.30 bits per heavy atom. The highest BCUT2D eigenvalue weighted by Gasteiger charge is 2.44. The summed E-state index contributed by atoms with van der Waals surface area (Å²) in [5.41, 5.74) is -0.331. The number of hydrogen-bond acceptors (Lipinski definition) is 2. The molecule has 27 heavy (non-hydrogen) atoms. The highest BCUT2D eigenvalue weighted by Crippen LogP contribution is 2.40. The summed E-state index contributed by atoms with van der Waals surface area (Å²) in [5.74, 6) is 0. The zero-order valence-electron chi connectivity index (χ0n) is 15.7. The van der Waals surface area contributed by atoms with Crippen molar-refractivity contribution in [2.75, 3.05) is 13.1 Å². The van der Waals surface area contributed by atoms with Gasteiger partial charge in [-0.25, -0.2) is 4.79 Å². The molecule has 1 atom stereocenters. The second-order valence-electron chi connectivity index (χ2n) is 7.70. The van der Waals surface area contributed by atoms with Gasteiger partial charge < -0.3 is 15.1 Å². The monoisotopic (exact) mass is 453 g/mol. The van der Waals surface area contributed by atoms with Crippen molar-refractivity contribution in [3.8, 4) is 0 Å². The van der Waals surface area contributed by atoms with E-state index in [2.05, 4.69) is 15.9 Å². The third-order valence-electron chi connectivity index (χ3n) is 4.82. The van der Waals surface area contributed by atoms with Crippen molar-refractivity contribution in [2.45, 2.75) is 32.8 Å². The second kappa shape index (κ2) is 8.63. The van der Waals surface area contributed by atoms with Crippen LogP contribution in [0.5, 0.6) is 0 Å². The molecule has 0 heterocycles. The van der Waals surface area contributed by atoms with Gasteiger partial charge in [0.05, 0.1) is 6.54 Å². The maximum absolute atomic E-state index is 11.9. The van der Waals surface area contributed by atoms with Crippen molar-refractivity contribution in [1.82, 2.24) is 4.90 Å². The van der Waals surface area contributed by atoms with Crippen LogP contribution in [0.1, 0.15) is 31.9 Å². The second-order valence-corrected chi connectivity index (χ2v) is 9.05. The number of benzene rings is 2. The quantitative estimate of drug-likeness (QED) is 0.601. The van der Waals surface area contributed by atoms with Crippen LogP contribution in [0.4, 0.5) is 4.79 Å². The van der Waals surface area contributed by atoms with Crippen LogP contribution in [0.15, 0.2) is 53.0 Å². The third-order valence-corrected chi connectivity index (χ3v) is 5.58. The summed E-state index contributed by atoms with van der Waals surface area (Å²) in [6.07, 6.45) is -0.494. The fourth-order valence-corrected chi connectivity index (χ4v) is 3.40. The maximum atomic E-state index is 11.9. The molecule has 0 aromatic heterocycles. The Hall–Kier alpha value is -1.56. The molecule has 4 nitrogen and oxygen atoms in total. The fourth-order valence-electron chi connectivity index (χ4n) is 2.94. The molecule has 1 amide bonds. The molecule has 0 bridgehead atoms. The predicted molar refractivity (Wildman–Crippen MR) is 112 cm³/mol. The van der Waals surface area contributed by atoms with Crippen molar-refractivity contribution in [1.29, 1.82) is 0 Å². The molecule has 2 N–H and O–H groups in total. The van der Waals surface area contributed by atoms with E-state index >= 15 is 0 Å². The van der Waals surface area contributed by atoms with Gasteiger partial charge in [0, 0.05) is 16.0 Å². The highest BCUT2D eigenvalue weighted by molar-refractivity contribution is 9.10. The number of carbonyl (C=O) groups is 1. The van der Waals surface area contributed by atoms with Crippen molar-refractivity contribution in [2.24, 2.45) is 5.41 Å². The summed E-state index contributed by atoms with van der Waals surface area (Å²) in [7, 11) is 0. The summed E-state index contributed by atoms with van der Waals surface area (Å²) in [4.78, 5) is 13.1. The molecule has 2 aromatic carbocycles. The molecule has 0 fully saturated rings. The van der Waals surface area contributed by atoms with E-state index in [1.54, 1.807) is 24.3 Å². The van der Waals surface area contributed by atoms with Crippen LogP contribution in [0.3, 0.4) is 0 Å². The Labute approximate surface area is 173 Å². The van der Waals surface area contributed by atoms with E-state index in [9.17, 15) is 15.0 Å². The van der Waals surface area contributed by atoms with E-state index in [1.807, 2.05) is 45.0 Å². The lowest BCUT2D eigenvalue weighted by Gasteiger charge is -2.43. The summed E-state index contributed by atoms with van der Waals surface area (Å²) < 4.78 is 0.976. The van der Waals surface area contributed by atoms with Crippen molar-refractivity contribution in [3.63, 3.8) is 0 Å². The first-order chi connectivity index (χ1) is 12.5. The Morgan fingerprint density at radius 1 is 1.15 bits per heavy atom. The van der Waals surface area contributed by atoms with Crippen LogP contribution in [0.25, 0.3) is 0 Å². The molecule has 0 saturated carbocycles. The molecular formula is C21H25BrClNO3. The first-order valence-electron chi connectivity index (χ1n) is 8.74. The zero-order chi connectivity index (χ0) is 20.2. The maximum Gasteiger partial charge on any atom is 0.407 e. The predicted octanol–water partition coefficient (Wildman–Crippen LogP) is 5.56. The minimum Gasteiger partial charge on any atom is -0.465 e. The van der Waals surface area contributed by atoms with Crippen molar-refractivity contribution >= 4 is 33.6 Å². The minimum absolute atomic E-state index is 0.0390. The van der Waals surface area contributed by atoms with Crippen LogP contribution in [0, 0.1) is 5.41 Å². The van der Waals surface area contributed by atoms with Gasteiger partial charge in [0.1, 0.15) is 5.60 Å². The normalized spacial score (nSPS) is 13.9. The van der Waals surface area contributed by atoms with Crippen LogP contribution in [0.2, 0.25) is 5.02 Å². The van der Waals surface area contributed by atoms with E-state index in [4.69, 9.17) is 11.6 Å². The van der Waals surface area contributed by atoms with E-state index in [1.165, 1.54) is 4.90 Å². The van der Waals surface area contributed by atoms with Gasteiger partial charge in [-0.2, -0.15) is 0 Å². The molecule has 0 aliphatic heterocycles. The lowest BCUT2D eigenvalue weighted by Crippen LogP contribution is -2.51. The number of rotatable bonds is 6. The average molecular weight is 455 g/mol. The van der Waals surface area contributed by atoms with E-state index in [0.717, 1.165) is 10.0 Å². The van der Waals surface area contributed by atoms with Gasteiger partial charge in [-0.3, -0.25) is 0 Å². The molecule has 0 radical (unpaired) electrons. The van der Waals surface area contributed by atoms with Gasteiger partial charge in [-0.15, -0.1) is 0 Å². The van der Waals surface area contributed by atoms with Gasteiger partial charge in [-0.05, 0) is 47.2 Å². The number of amides is 1. The molecule has 146 valence electrons. The molecular weight excluding hydrogens is 430 g/mol. The molecule has 2 aromatic rings. The summed E-state index contributed by atoms with van der Waals surface area (Å²) >= 11 is 9.50. The molecule has 0 unspecified atom stereocenters. The van der Waals surface area contributed by atoms with Crippen LogP contribution in [-0.2, 0) is 12.0 Å². The molecule has 0 aliphatic rings. The highest BCUT2D eigenvalue weighted by atomic mass is 79.9. The first-order valence-corrected chi connectivity index (χ1v) is 9.91. The molecule has 0 saturated heterocycles. The van der Waals surface area contributed by atoms with E-state index in [-0.39, 0.29) is 13.1 Å². The van der Waals surface area contributed by atoms with Gasteiger partial charge >= 0.3 is 6.09 Å². The van der Waals surface area contributed by atoms with Gasteiger partial charge in [0.25, 0.3) is 0 Å². The average Bonchev–Trinajstić information content (AvgIpc) is 2.58. The molecule has 0 spiro atoms. The largest absolute Gasteiger partial charge is 0.465 e. The molecule has 0 aliphatic carbocycles. The topological polar surface area (TPSA) is 60.8 Å². The van der Waals surface area contributed by atoms with Crippen LogP contribution >= 0.6 is 27.5 Å². The van der Waals surface area contributed by atoms with Crippen LogP contribution < -0.4 is 0 Å². The molecule has 6 heteroatoms. The Balaban J connectivity index is 2.26. The molecule has 2 rings (SSSR count). The van der Waals surface area contributed by atoms with Crippen molar-refractivity contribution < 1.29 is 15.0 Å². The van der Waals surface area contributed by atoms with E-state index in [0.29, 0.717) is 17.0 Å². The summed E-state index contributed by atoms with van der Waals surface area (Å²) in [6.45, 7) is 5.92. The zero-order valence-corrected chi connectivity index (χ0v) is 18.1. The van der Waals surface area contributed by atoms with Gasteiger partial charge in [0.15, 0.2) is 0 Å². The van der Waals surface area contributed by atoms with Crippen molar-refractivity contribution in [3.05, 3.63) is 69.2 Å². The Bertz CT molecular complexity index is 789. The number of aliphatic hydroxyl groups is 1. The number of nitrogens with zero attached hydrogens (tertiary/aromatic N) is 1. The standard InChI is InChI=1S/C21H25BrClNO3/c1-20(2,3)21(27,16-5-4-6-18(23)13-16)14-24(19(25)26)12-11-15-7-9-17(22)10-8-15/h4-10,13,27H,11-12,14H2,1-3H3,(H,25,26)/t21-/m0/s1. The van der Waals surface area contributed by atoms with Gasteiger partial charge in [-0.1, -0.05) is 72.6 Å². The lowest BCUT2D eigenvalue weighted by atomic mass is 9.72. The number of halogens is 2. The Kier molecular flexibility index (Phi) is 6.95. The van der Waals surface area contributed by atoms with E-state index < -0.39 is 17.1 Å². The van der Waals surface area contributed by atoms with Gasteiger partial charge in [0.2, 0.25) is 0 Å². The number of carboxylic acid groups (broad SMARTS) is 1. The number of hydrogen-bond donors (Lipinski definition) is 2. The third kappa shape index (κ3) is 5.47. The smallest absolute Gasteiger partial charge is 0.407 e. The first kappa shape index (κ1) is 21.7. The van der Waals surface area contributed by atoms with Crippen LogP contribution in [-0.4, -0.2) is 34.3 Å². The Morgan fingerprint density at radius 2 is 1.78 bits per heavy atom. The fraction of sp³-hybridized carbons (Fsp3) is 0.381. The SMILES string of the molecule is CC(C)(C)[C@](O)(CN(CCc1ccc(Br)cc1)C(=O)O)c1cccc(Cl)c1. The summed E-state index contributed by atoms with van der Waals surface area (Å²) in [5, 5.41) is 21.7.